The molecule has 1 amide bonds. The third-order valence-corrected chi connectivity index (χ3v) is 3.79. The van der Waals surface area contributed by atoms with Gasteiger partial charge in [-0.3, -0.25) is 15.2 Å². The predicted octanol–water partition coefficient (Wildman–Crippen LogP) is 2.48. The summed E-state index contributed by atoms with van der Waals surface area (Å²) in [6.07, 6.45) is 0. The van der Waals surface area contributed by atoms with Crippen LogP contribution >= 0.6 is 0 Å². The van der Waals surface area contributed by atoms with E-state index in [1.807, 2.05) is 59.1 Å². The molecular weight excluding hydrogens is 366 g/mol. The molecule has 0 atom stereocenters. The molecule has 0 spiro atoms. The highest BCUT2D eigenvalue weighted by Crippen LogP contribution is 2.20. The van der Waals surface area contributed by atoms with Gasteiger partial charge in [0.2, 0.25) is 5.82 Å². The van der Waals surface area contributed by atoms with Crippen LogP contribution in [0.5, 0.6) is 0 Å². The third-order valence-electron chi connectivity index (χ3n) is 3.79. The molecule has 0 radical (unpaired) electrons. The molecule has 1 N–H and O–H groups in total. The predicted molar refractivity (Wildman–Crippen MR) is 110 cm³/mol. The third kappa shape index (κ3) is 6.56. The Bertz CT molecular complexity index is 915. The van der Waals surface area contributed by atoms with E-state index in [4.69, 9.17) is 5.26 Å². The Hall–Kier alpha value is -3.49. The Morgan fingerprint density at radius 2 is 1.76 bits per heavy atom. The van der Waals surface area contributed by atoms with Crippen molar-refractivity contribution in [2.45, 2.75) is 27.3 Å². The van der Waals surface area contributed by atoms with Gasteiger partial charge in [-0.1, -0.05) is 32.9 Å². The number of hydrogen-bond acceptors (Lipinski definition) is 7. The van der Waals surface area contributed by atoms with Crippen molar-refractivity contribution in [1.29, 1.82) is 10.5 Å². The number of carbonyl (C=O) groups excluding carboxylic acids is 1. The first-order valence-corrected chi connectivity index (χ1v) is 9.13. The summed E-state index contributed by atoms with van der Waals surface area (Å²) in [6, 6.07) is 12.6. The average molecular weight is 391 g/mol. The SMILES string of the molecule is CN(C)Cc1ccc(C(=O)NN(CC(C)(C)C)c2cc(C#N)nc(C#N)n2)cc1. The summed E-state index contributed by atoms with van der Waals surface area (Å²) in [4.78, 5) is 22.9. The molecule has 2 rings (SSSR count). The summed E-state index contributed by atoms with van der Waals surface area (Å²) in [5.41, 5.74) is 4.32. The van der Waals surface area contributed by atoms with Gasteiger partial charge in [0.1, 0.15) is 17.8 Å². The van der Waals surface area contributed by atoms with Crippen molar-refractivity contribution < 1.29 is 4.79 Å². The van der Waals surface area contributed by atoms with E-state index in [-0.39, 0.29) is 22.8 Å². The number of carbonyl (C=O) groups is 1. The normalized spacial score (nSPS) is 10.9. The van der Waals surface area contributed by atoms with Crippen LogP contribution in [0.25, 0.3) is 0 Å². The number of nitrogens with zero attached hydrogens (tertiary/aromatic N) is 6. The lowest BCUT2D eigenvalue weighted by Gasteiger charge is -2.31. The molecular formula is C21H25N7O. The van der Waals surface area contributed by atoms with Crippen molar-refractivity contribution in [3.05, 3.63) is 53.0 Å². The molecule has 1 heterocycles. The fraction of sp³-hybridized carbons (Fsp3) is 0.381. The van der Waals surface area contributed by atoms with Gasteiger partial charge >= 0.3 is 0 Å². The molecule has 0 saturated heterocycles. The number of rotatable bonds is 6. The summed E-state index contributed by atoms with van der Waals surface area (Å²) in [5, 5.41) is 19.9. The van der Waals surface area contributed by atoms with Gasteiger partial charge in [0.15, 0.2) is 5.82 Å². The number of hydrogen-bond donors (Lipinski definition) is 1. The van der Waals surface area contributed by atoms with Gasteiger partial charge in [0.25, 0.3) is 5.91 Å². The quantitative estimate of drug-likeness (QED) is 0.753. The second-order valence-electron chi connectivity index (χ2n) is 8.18. The van der Waals surface area contributed by atoms with E-state index >= 15 is 0 Å². The van der Waals surface area contributed by atoms with E-state index in [2.05, 4.69) is 20.3 Å². The Morgan fingerprint density at radius 1 is 1.10 bits per heavy atom. The van der Waals surface area contributed by atoms with Gasteiger partial charge < -0.3 is 4.90 Å². The van der Waals surface area contributed by atoms with E-state index < -0.39 is 0 Å². The van der Waals surface area contributed by atoms with Crippen molar-refractivity contribution in [3.8, 4) is 12.1 Å². The number of aromatic nitrogens is 2. The highest BCUT2D eigenvalue weighted by atomic mass is 16.2. The maximum absolute atomic E-state index is 12.8. The second kappa shape index (κ2) is 9.13. The van der Waals surface area contributed by atoms with Crippen molar-refractivity contribution in [2.75, 3.05) is 25.6 Å². The van der Waals surface area contributed by atoms with E-state index in [0.717, 1.165) is 12.1 Å². The smallest absolute Gasteiger partial charge is 0.269 e. The fourth-order valence-corrected chi connectivity index (χ4v) is 2.65. The minimum atomic E-state index is -0.304. The molecule has 0 aliphatic carbocycles. The molecule has 150 valence electrons. The van der Waals surface area contributed by atoms with Gasteiger partial charge in [0, 0.05) is 24.7 Å². The van der Waals surface area contributed by atoms with Crippen molar-refractivity contribution in [2.24, 2.45) is 5.41 Å². The van der Waals surface area contributed by atoms with Crippen LogP contribution in [0.1, 0.15) is 48.2 Å². The van der Waals surface area contributed by atoms with Gasteiger partial charge in [-0.15, -0.1) is 0 Å². The molecule has 1 aromatic heterocycles. The fourth-order valence-electron chi connectivity index (χ4n) is 2.65. The first-order chi connectivity index (χ1) is 13.6. The number of hydrazine groups is 1. The monoisotopic (exact) mass is 391 g/mol. The van der Waals surface area contributed by atoms with Crippen LogP contribution in [0, 0.1) is 28.1 Å². The summed E-state index contributed by atoms with van der Waals surface area (Å²) < 4.78 is 0. The highest BCUT2D eigenvalue weighted by molar-refractivity contribution is 5.95. The van der Waals surface area contributed by atoms with E-state index in [1.165, 1.54) is 6.07 Å². The summed E-state index contributed by atoms with van der Waals surface area (Å²) in [5.74, 6) is -0.137. The number of nitrogens with one attached hydrogen (secondary N) is 1. The maximum atomic E-state index is 12.8. The zero-order valence-electron chi connectivity index (χ0n) is 17.4. The molecule has 0 saturated carbocycles. The maximum Gasteiger partial charge on any atom is 0.269 e. The molecule has 0 unspecified atom stereocenters. The Balaban J connectivity index is 2.31. The minimum absolute atomic E-state index is 0.0627. The molecule has 8 nitrogen and oxygen atoms in total. The second-order valence-corrected chi connectivity index (χ2v) is 8.18. The molecule has 0 aliphatic heterocycles. The van der Waals surface area contributed by atoms with Crippen molar-refractivity contribution >= 4 is 11.7 Å². The van der Waals surface area contributed by atoms with E-state index in [9.17, 15) is 10.1 Å². The van der Waals surface area contributed by atoms with E-state index in [1.54, 1.807) is 17.1 Å². The number of benzene rings is 1. The van der Waals surface area contributed by atoms with Crippen LogP contribution in [0.15, 0.2) is 30.3 Å². The lowest BCUT2D eigenvalue weighted by molar-refractivity contribution is 0.0945. The molecule has 0 bridgehead atoms. The van der Waals surface area contributed by atoms with Crippen molar-refractivity contribution in [3.63, 3.8) is 0 Å². The zero-order valence-corrected chi connectivity index (χ0v) is 17.4. The summed E-state index contributed by atoms with van der Waals surface area (Å²) in [6.45, 7) is 7.25. The Kier molecular flexibility index (Phi) is 6.87. The number of anilines is 1. The van der Waals surface area contributed by atoms with Crippen molar-refractivity contribution in [1.82, 2.24) is 20.3 Å². The van der Waals surface area contributed by atoms with Crippen LogP contribution in [-0.2, 0) is 6.54 Å². The van der Waals surface area contributed by atoms with E-state index in [0.29, 0.717) is 17.9 Å². The molecule has 2 aromatic rings. The van der Waals surface area contributed by atoms with Crippen LogP contribution in [0.2, 0.25) is 0 Å². The Labute approximate surface area is 171 Å². The summed E-state index contributed by atoms with van der Waals surface area (Å²) in [7, 11) is 3.97. The topological polar surface area (TPSA) is 109 Å². The van der Waals surface area contributed by atoms with Gasteiger partial charge in [-0.2, -0.15) is 15.5 Å². The molecule has 29 heavy (non-hydrogen) atoms. The van der Waals surface area contributed by atoms with Crippen LogP contribution in [0.4, 0.5) is 5.82 Å². The zero-order chi connectivity index (χ0) is 21.6. The number of nitriles is 2. The largest absolute Gasteiger partial charge is 0.305 e. The highest BCUT2D eigenvalue weighted by Gasteiger charge is 2.22. The average Bonchev–Trinajstić information content (AvgIpc) is 2.66. The molecule has 0 aliphatic rings. The Morgan fingerprint density at radius 3 is 2.28 bits per heavy atom. The molecule has 1 aromatic carbocycles. The first kappa shape index (κ1) is 21.8. The number of amides is 1. The molecule has 0 fully saturated rings. The van der Waals surface area contributed by atoms with Gasteiger partial charge in [-0.25, -0.2) is 4.98 Å². The van der Waals surface area contributed by atoms with Crippen LogP contribution in [0.3, 0.4) is 0 Å². The standard InChI is InChI=1S/C21H25N7O/c1-21(2,3)14-28(19-10-17(11-22)24-18(12-23)25-19)26-20(29)16-8-6-15(7-9-16)13-27(4)5/h6-10H,13-14H2,1-5H3,(H,26,29). The van der Waals surface area contributed by atoms with Gasteiger partial charge in [-0.05, 0) is 37.2 Å². The molecule has 8 heteroatoms. The first-order valence-electron chi connectivity index (χ1n) is 9.13. The van der Waals surface area contributed by atoms with Gasteiger partial charge in [0.05, 0.1) is 0 Å². The van der Waals surface area contributed by atoms with Crippen LogP contribution < -0.4 is 10.4 Å². The lowest BCUT2D eigenvalue weighted by Crippen LogP contribution is -2.47. The lowest BCUT2D eigenvalue weighted by atomic mass is 9.96. The van der Waals surface area contributed by atoms with Crippen LogP contribution in [-0.4, -0.2) is 41.4 Å². The minimum Gasteiger partial charge on any atom is -0.305 e. The summed E-state index contributed by atoms with van der Waals surface area (Å²) >= 11 is 0.